The van der Waals surface area contributed by atoms with E-state index < -0.39 is 11.8 Å². The van der Waals surface area contributed by atoms with Gasteiger partial charge in [-0.25, -0.2) is 0 Å². The molecule has 1 saturated heterocycles. The maximum Gasteiger partial charge on any atom is 0.309 e. The number of benzene rings is 1. The largest absolute Gasteiger partial charge is 0.486 e. The van der Waals surface area contributed by atoms with E-state index >= 15 is 0 Å². The number of amides is 2. The molecule has 2 amide bonds. The van der Waals surface area contributed by atoms with Crippen LogP contribution in [-0.4, -0.2) is 48.2 Å². The van der Waals surface area contributed by atoms with E-state index in [-0.39, 0.29) is 29.8 Å². The Kier molecular flexibility index (Phi) is 5.33. The zero-order chi connectivity index (χ0) is 19.7. The molecule has 2 aliphatic rings. The van der Waals surface area contributed by atoms with Gasteiger partial charge in [-0.05, 0) is 39.8 Å². The van der Waals surface area contributed by atoms with Crippen LogP contribution in [0.3, 0.4) is 0 Å². The van der Waals surface area contributed by atoms with Gasteiger partial charge in [0.15, 0.2) is 11.5 Å². The second-order valence-corrected chi connectivity index (χ2v) is 8.91. The van der Waals surface area contributed by atoms with Gasteiger partial charge in [0.2, 0.25) is 0 Å². The van der Waals surface area contributed by atoms with Gasteiger partial charge in [0.1, 0.15) is 12.7 Å². The summed E-state index contributed by atoms with van der Waals surface area (Å²) in [5.74, 6) is 0.112. The van der Waals surface area contributed by atoms with Crippen molar-refractivity contribution in [1.82, 2.24) is 10.6 Å². The molecule has 0 radical (unpaired) electrons. The molecular weight excluding hydrogens is 346 g/mol. The number of para-hydroxylation sites is 2. The SMILES string of the molecule is CC1(C)CC(NC(=O)C(=O)NC[C@H]2COc3ccccc3O2)CC(C)(C)[NH2+]1. The van der Waals surface area contributed by atoms with Crippen LogP contribution in [0.25, 0.3) is 0 Å². The third-order valence-electron chi connectivity index (χ3n) is 4.93. The van der Waals surface area contributed by atoms with Gasteiger partial charge < -0.3 is 25.4 Å². The van der Waals surface area contributed by atoms with Gasteiger partial charge in [-0.1, -0.05) is 12.1 Å². The fourth-order valence-corrected chi connectivity index (χ4v) is 4.32. The number of nitrogens with one attached hydrogen (secondary N) is 2. The summed E-state index contributed by atoms with van der Waals surface area (Å²) < 4.78 is 11.4. The van der Waals surface area contributed by atoms with Crippen molar-refractivity contribution in [3.8, 4) is 11.5 Å². The number of carbonyl (C=O) groups is 2. The third kappa shape index (κ3) is 5.13. The second-order valence-electron chi connectivity index (χ2n) is 8.91. The standard InChI is InChI=1S/C20H29N3O4/c1-19(2)9-13(10-20(3,4)23-19)22-18(25)17(24)21-11-14-12-26-15-7-5-6-8-16(15)27-14/h5-8,13-14,23H,9-12H2,1-4H3,(H,21,24)(H,22,25)/p+1/t14-/m0/s1. The monoisotopic (exact) mass is 376 g/mol. The van der Waals surface area contributed by atoms with Crippen molar-refractivity contribution in [1.29, 1.82) is 0 Å². The smallest absolute Gasteiger partial charge is 0.309 e. The predicted octanol–water partition coefficient (Wildman–Crippen LogP) is 0.342. The fraction of sp³-hybridized carbons (Fsp3) is 0.600. The van der Waals surface area contributed by atoms with Gasteiger partial charge in [-0.15, -0.1) is 0 Å². The van der Waals surface area contributed by atoms with Gasteiger partial charge in [0, 0.05) is 18.9 Å². The number of hydrogen-bond donors (Lipinski definition) is 3. The van der Waals surface area contributed by atoms with Gasteiger partial charge in [-0.2, -0.15) is 0 Å². The number of hydrogen-bond acceptors (Lipinski definition) is 4. The Morgan fingerprint density at radius 3 is 2.37 bits per heavy atom. The first kappa shape index (κ1) is 19.5. The second kappa shape index (κ2) is 7.38. The molecule has 1 aromatic carbocycles. The van der Waals surface area contributed by atoms with Gasteiger partial charge in [-0.3, -0.25) is 9.59 Å². The summed E-state index contributed by atoms with van der Waals surface area (Å²) in [5, 5.41) is 7.87. The van der Waals surface area contributed by atoms with Crippen LogP contribution in [0.2, 0.25) is 0 Å². The first-order chi connectivity index (χ1) is 12.6. The molecule has 0 unspecified atom stereocenters. The predicted molar refractivity (Wildman–Crippen MR) is 101 cm³/mol. The van der Waals surface area contributed by atoms with Crippen molar-refractivity contribution >= 4 is 11.8 Å². The molecule has 1 aromatic rings. The van der Waals surface area contributed by atoms with Crippen LogP contribution < -0.4 is 25.4 Å². The zero-order valence-corrected chi connectivity index (χ0v) is 16.5. The number of nitrogens with two attached hydrogens (primary N) is 1. The molecule has 0 bridgehead atoms. The Morgan fingerprint density at radius 2 is 1.70 bits per heavy atom. The van der Waals surface area contributed by atoms with Crippen molar-refractivity contribution in [3.05, 3.63) is 24.3 Å². The maximum atomic E-state index is 12.3. The van der Waals surface area contributed by atoms with Crippen molar-refractivity contribution in [3.63, 3.8) is 0 Å². The van der Waals surface area contributed by atoms with Crippen LogP contribution in [-0.2, 0) is 9.59 Å². The molecular formula is C20H30N3O4+. The minimum atomic E-state index is -0.636. The highest BCUT2D eigenvalue weighted by atomic mass is 16.6. The highest BCUT2D eigenvalue weighted by Crippen LogP contribution is 2.30. The van der Waals surface area contributed by atoms with Crippen LogP contribution in [0, 0.1) is 0 Å². The number of ether oxygens (including phenoxy) is 2. The first-order valence-electron chi connectivity index (χ1n) is 9.48. The molecule has 0 saturated carbocycles. The molecule has 7 nitrogen and oxygen atoms in total. The summed E-state index contributed by atoms with van der Waals surface area (Å²) in [6, 6.07) is 7.38. The lowest BCUT2D eigenvalue weighted by Crippen LogP contribution is -3.06. The van der Waals surface area contributed by atoms with Crippen molar-refractivity contribution in [2.45, 2.75) is 63.8 Å². The van der Waals surface area contributed by atoms with E-state index in [1.165, 1.54) is 0 Å². The average molecular weight is 376 g/mol. The number of piperidine rings is 1. The Bertz CT molecular complexity index is 701. The van der Waals surface area contributed by atoms with Gasteiger partial charge in [0.25, 0.3) is 0 Å². The van der Waals surface area contributed by atoms with Crippen LogP contribution >= 0.6 is 0 Å². The molecule has 0 aromatic heterocycles. The fourth-order valence-electron chi connectivity index (χ4n) is 4.32. The minimum Gasteiger partial charge on any atom is -0.486 e. The van der Waals surface area contributed by atoms with E-state index in [1.807, 2.05) is 24.3 Å². The maximum absolute atomic E-state index is 12.3. The number of carbonyl (C=O) groups excluding carboxylic acids is 2. The molecule has 1 fully saturated rings. The number of quaternary nitrogens is 1. The highest BCUT2D eigenvalue weighted by Gasteiger charge is 2.42. The number of fused-ring (bicyclic) bond motifs is 1. The molecule has 3 rings (SSSR count). The molecule has 4 N–H and O–H groups in total. The lowest BCUT2D eigenvalue weighted by atomic mass is 9.79. The highest BCUT2D eigenvalue weighted by molar-refractivity contribution is 6.35. The summed E-state index contributed by atoms with van der Waals surface area (Å²) in [6.45, 7) is 9.18. The van der Waals surface area contributed by atoms with E-state index in [0.717, 1.165) is 12.8 Å². The van der Waals surface area contributed by atoms with Crippen LogP contribution in [0.15, 0.2) is 24.3 Å². The Labute approximate surface area is 160 Å². The minimum absolute atomic E-state index is 0.0145. The topological polar surface area (TPSA) is 93.3 Å². The molecule has 7 heteroatoms. The molecule has 1 atom stereocenters. The average Bonchev–Trinajstić information content (AvgIpc) is 2.56. The summed E-state index contributed by atoms with van der Waals surface area (Å²) in [7, 11) is 0. The first-order valence-corrected chi connectivity index (χ1v) is 9.48. The zero-order valence-electron chi connectivity index (χ0n) is 16.5. The molecule has 2 heterocycles. The lowest BCUT2D eigenvalue weighted by Gasteiger charge is -2.43. The molecule has 148 valence electrons. The van der Waals surface area contributed by atoms with Crippen molar-refractivity contribution in [2.75, 3.05) is 13.2 Å². The van der Waals surface area contributed by atoms with Crippen molar-refractivity contribution < 1.29 is 24.4 Å². The molecule has 2 aliphatic heterocycles. The van der Waals surface area contributed by atoms with E-state index in [1.54, 1.807) is 0 Å². The van der Waals surface area contributed by atoms with E-state index in [0.29, 0.717) is 18.1 Å². The van der Waals surface area contributed by atoms with Crippen molar-refractivity contribution in [2.24, 2.45) is 0 Å². The van der Waals surface area contributed by atoms with E-state index in [2.05, 4.69) is 43.6 Å². The molecule has 0 spiro atoms. The van der Waals surface area contributed by atoms with Gasteiger partial charge >= 0.3 is 11.8 Å². The normalized spacial score (nSPS) is 23.3. The number of rotatable bonds is 3. The Balaban J connectivity index is 1.48. The molecule has 27 heavy (non-hydrogen) atoms. The Hall–Kier alpha value is -2.28. The Morgan fingerprint density at radius 1 is 1.07 bits per heavy atom. The van der Waals surface area contributed by atoms with E-state index in [9.17, 15) is 9.59 Å². The van der Waals surface area contributed by atoms with E-state index in [4.69, 9.17) is 9.47 Å². The molecule has 0 aliphatic carbocycles. The lowest BCUT2D eigenvalue weighted by molar-refractivity contribution is -0.787. The van der Waals surface area contributed by atoms with Crippen LogP contribution in [0.1, 0.15) is 40.5 Å². The van der Waals surface area contributed by atoms with Crippen LogP contribution in [0.5, 0.6) is 11.5 Å². The summed E-state index contributed by atoms with van der Waals surface area (Å²) >= 11 is 0. The third-order valence-corrected chi connectivity index (χ3v) is 4.93. The quantitative estimate of drug-likeness (QED) is 0.664. The van der Waals surface area contributed by atoms with Gasteiger partial charge in [0.05, 0.1) is 17.6 Å². The summed E-state index contributed by atoms with van der Waals surface area (Å²) in [6.07, 6.45) is 1.33. The van der Waals surface area contributed by atoms with Crippen LogP contribution in [0.4, 0.5) is 0 Å². The summed E-state index contributed by atoms with van der Waals surface area (Å²) in [4.78, 5) is 24.5. The summed E-state index contributed by atoms with van der Waals surface area (Å²) in [5.41, 5.74) is 0.0493.